The Morgan fingerprint density at radius 2 is 1.94 bits per heavy atom. The third-order valence-electron chi connectivity index (χ3n) is 2.25. The van der Waals surface area contributed by atoms with Crippen molar-refractivity contribution in [2.24, 2.45) is 0 Å². The van der Waals surface area contributed by atoms with Gasteiger partial charge in [-0.05, 0) is 6.07 Å². The zero-order valence-corrected chi connectivity index (χ0v) is 9.09. The molecular formula is C10H9F4N3. The Bertz CT molecular complexity index is 556. The third-order valence-corrected chi connectivity index (χ3v) is 2.25. The topological polar surface area (TPSA) is 30.2 Å². The van der Waals surface area contributed by atoms with E-state index in [1.54, 1.807) is 13.8 Å². The summed E-state index contributed by atoms with van der Waals surface area (Å²) >= 11 is 0. The fourth-order valence-electron chi connectivity index (χ4n) is 1.36. The van der Waals surface area contributed by atoms with Crippen molar-refractivity contribution in [2.45, 2.75) is 25.9 Å². The van der Waals surface area contributed by atoms with Crippen LogP contribution in [0.5, 0.6) is 0 Å². The molecule has 0 saturated heterocycles. The van der Waals surface area contributed by atoms with E-state index in [9.17, 15) is 17.6 Å². The van der Waals surface area contributed by atoms with Crippen molar-refractivity contribution in [1.82, 2.24) is 14.6 Å². The lowest BCUT2D eigenvalue weighted by atomic mass is 10.2. The molecule has 2 aromatic rings. The van der Waals surface area contributed by atoms with E-state index >= 15 is 0 Å². The fourth-order valence-corrected chi connectivity index (χ4v) is 1.36. The maximum atomic E-state index is 13.4. The molecule has 0 saturated carbocycles. The van der Waals surface area contributed by atoms with Crippen LogP contribution in [-0.2, 0) is 6.18 Å². The quantitative estimate of drug-likeness (QED) is 0.725. The zero-order valence-electron chi connectivity index (χ0n) is 9.09. The van der Waals surface area contributed by atoms with Crippen LogP contribution in [0, 0.1) is 5.82 Å². The molecule has 92 valence electrons. The Morgan fingerprint density at radius 1 is 1.29 bits per heavy atom. The standard InChI is InChI=1S/C10H9F4N3/c1-5(2)8-15-9-7(11)3-6(10(12,13)14)4-17(9)16-8/h3-5H,1-2H3. The van der Waals surface area contributed by atoms with Gasteiger partial charge >= 0.3 is 6.18 Å². The van der Waals surface area contributed by atoms with Crippen molar-refractivity contribution in [3.63, 3.8) is 0 Å². The number of aromatic nitrogens is 3. The maximum Gasteiger partial charge on any atom is 0.417 e. The lowest BCUT2D eigenvalue weighted by molar-refractivity contribution is -0.138. The highest BCUT2D eigenvalue weighted by Gasteiger charge is 2.32. The van der Waals surface area contributed by atoms with Crippen LogP contribution in [-0.4, -0.2) is 14.6 Å². The van der Waals surface area contributed by atoms with E-state index in [2.05, 4.69) is 10.1 Å². The molecule has 17 heavy (non-hydrogen) atoms. The number of fused-ring (bicyclic) bond motifs is 1. The second kappa shape index (κ2) is 3.68. The molecule has 2 rings (SSSR count). The molecule has 0 fully saturated rings. The Morgan fingerprint density at radius 3 is 2.47 bits per heavy atom. The fraction of sp³-hybridized carbons (Fsp3) is 0.400. The van der Waals surface area contributed by atoms with E-state index in [1.165, 1.54) is 0 Å². The summed E-state index contributed by atoms with van der Waals surface area (Å²) in [5.74, 6) is -0.800. The molecule has 0 N–H and O–H groups in total. The Hall–Kier alpha value is -1.66. The number of hydrogen-bond donors (Lipinski definition) is 0. The minimum absolute atomic E-state index is 0.0800. The molecule has 0 atom stereocenters. The maximum absolute atomic E-state index is 13.4. The molecule has 3 nitrogen and oxygen atoms in total. The van der Waals surface area contributed by atoms with Gasteiger partial charge in [-0.15, -0.1) is 0 Å². The van der Waals surface area contributed by atoms with E-state index in [1.807, 2.05) is 0 Å². The molecule has 0 bridgehead atoms. The van der Waals surface area contributed by atoms with Crippen LogP contribution < -0.4 is 0 Å². The van der Waals surface area contributed by atoms with Crippen LogP contribution in [0.1, 0.15) is 31.2 Å². The summed E-state index contributed by atoms with van der Waals surface area (Å²) in [6.07, 6.45) is -3.86. The smallest absolute Gasteiger partial charge is 0.217 e. The molecule has 0 amide bonds. The van der Waals surface area contributed by atoms with E-state index in [-0.39, 0.29) is 11.6 Å². The average molecular weight is 247 g/mol. The second-order valence-electron chi connectivity index (χ2n) is 3.97. The third kappa shape index (κ3) is 2.09. The first-order valence-corrected chi connectivity index (χ1v) is 4.92. The second-order valence-corrected chi connectivity index (χ2v) is 3.97. The van der Waals surface area contributed by atoms with Crippen molar-refractivity contribution in [3.8, 4) is 0 Å². The van der Waals surface area contributed by atoms with Gasteiger partial charge in [-0.2, -0.15) is 18.3 Å². The molecular weight excluding hydrogens is 238 g/mol. The largest absolute Gasteiger partial charge is 0.417 e. The van der Waals surface area contributed by atoms with Gasteiger partial charge in [-0.25, -0.2) is 13.9 Å². The Kier molecular flexibility index (Phi) is 2.56. The number of hydrogen-bond acceptors (Lipinski definition) is 2. The van der Waals surface area contributed by atoms with E-state index < -0.39 is 17.6 Å². The number of nitrogens with zero attached hydrogens (tertiary/aromatic N) is 3. The number of halogens is 4. The molecule has 2 aromatic heterocycles. The minimum Gasteiger partial charge on any atom is -0.217 e. The first-order chi connectivity index (χ1) is 7.79. The van der Waals surface area contributed by atoms with Crippen molar-refractivity contribution in [2.75, 3.05) is 0 Å². The normalized spacial score (nSPS) is 12.6. The summed E-state index contributed by atoms with van der Waals surface area (Å²) in [5.41, 5.74) is -1.27. The summed E-state index contributed by atoms with van der Waals surface area (Å²) < 4.78 is 51.6. The van der Waals surface area contributed by atoms with Crippen molar-refractivity contribution >= 4 is 5.65 Å². The molecule has 0 aromatic carbocycles. The van der Waals surface area contributed by atoms with Crippen molar-refractivity contribution in [1.29, 1.82) is 0 Å². The SMILES string of the molecule is CC(C)c1nc2c(F)cc(C(F)(F)F)cn2n1. The minimum atomic E-state index is -4.60. The van der Waals surface area contributed by atoms with Gasteiger partial charge in [-0.3, -0.25) is 0 Å². The van der Waals surface area contributed by atoms with Crippen LogP contribution >= 0.6 is 0 Å². The van der Waals surface area contributed by atoms with Gasteiger partial charge in [0.05, 0.1) is 5.56 Å². The van der Waals surface area contributed by atoms with Gasteiger partial charge in [0.15, 0.2) is 17.3 Å². The molecule has 0 aliphatic carbocycles. The van der Waals surface area contributed by atoms with E-state index in [0.717, 1.165) is 10.7 Å². The summed E-state index contributed by atoms with van der Waals surface area (Å²) in [6.45, 7) is 3.55. The highest BCUT2D eigenvalue weighted by atomic mass is 19.4. The van der Waals surface area contributed by atoms with E-state index in [4.69, 9.17) is 0 Å². The Labute approximate surface area is 94.1 Å². The highest BCUT2D eigenvalue weighted by Crippen LogP contribution is 2.30. The molecule has 0 radical (unpaired) electrons. The van der Waals surface area contributed by atoms with Gasteiger partial charge in [0, 0.05) is 12.1 Å². The summed E-state index contributed by atoms with van der Waals surface area (Å²) in [4.78, 5) is 3.84. The van der Waals surface area contributed by atoms with Crippen LogP contribution in [0.15, 0.2) is 12.3 Å². The Balaban J connectivity index is 2.65. The van der Waals surface area contributed by atoms with Gasteiger partial charge in [0.2, 0.25) is 0 Å². The molecule has 0 aliphatic rings. The van der Waals surface area contributed by atoms with Crippen molar-refractivity contribution < 1.29 is 17.6 Å². The molecule has 0 spiro atoms. The molecule has 0 unspecified atom stereocenters. The first-order valence-electron chi connectivity index (χ1n) is 4.92. The highest BCUT2D eigenvalue weighted by molar-refractivity contribution is 5.41. The van der Waals surface area contributed by atoms with Gasteiger partial charge in [-0.1, -0.05) is 13.8 Å². The van der Waals surface area contributed by atoms with Crippen LogP contribution in [0.3, 0.4) is 0 Å². The first kappa shape index (κ1) is 11.8. The van der Waals surface area contributed by atoms with Gasteiger partial charge in [0.25, 0.3) is 0 Å². The van der Waals surface area contributed by atoms with Crippen LogP contribution in [0.2, 0.25) is 0 Å². The summed E-state index contributed by atoms with van der Waals surface area (Å²) in [5, 5.41) is 3.81. The van der Waals surface area contributed by atoms with Crippen LogP contribution in [0.25, 0.3) is 5.65 Å². The number of rotatable bonds is 1. The monoisotopic (exact) mass is 247 g/mol. The lowest BCUT2D eigenvalue weighted by Crippen LogP contribution is -2.08. The zero-order chi connectivity index (χ0) is 12.8. The predicted molar refractivity (Wildman–Crippen MR) is 52.0 cm³/mol. The summed E-state index contributed by atoms with van der Waals surface area (Å²) in [6, 6.07) is 0.425. The lowest BCUT2D eigenvalue weighted by Gasteiger charge is -2.06. The molecule has 0 aliphatic heterocycles. The average Bonchev–Trinajstić information content (AvgIpc) is 2.60. The van der Waals surface area contributed by atoms with Crippen LogP contribution in [0.4, 0.5) is 17.6 Å². The number of pyridine rings is 1. The summed E-state index contributed by atoms with van der Waals surface area (Å²) in [7, 11) is 0. The van der Waals surface area contributed by atoms with E-state index in [0.29, 0.717) is 11.9 Å². The molecule has 2 heterocycles. The van der Waals surface area contributed by atoms with Gasteiger partial charge < -0.3 is 0 Å². The predicted octanol–water partition coefficient (Wildman–Crippen LogP) is 3.01. The van der Waals surface area contributed by atoms with Gasteiger partial charge in [0.1, 0.15) is 0 Å². The molecule has 7 heteroatoms. The van der Waals surface area contributed by atoms with Crippen molar-refractivity contribution in [3.05, 3.63) is 29.5 Å². The number of alkyl halides is 3.